The summed E-state index contributed by atoms with van der Waals surface area (Å²) in [5.74, 6) is 0. The van der Waals surface area contributed by atoms with E-state index in [-0.39, 0.29) is 6.54 Å². The fourth-order valence-corrected chi connectivity index (χ4v) is 0.942. The van der Waals surface area contributed by atoms with Crippen molar-refractivity contribution >= 4 is 0 Å². The predicted molar refractivity (Wildman–Crippen MR) is 27.4 cm³/mol. The minimum absolute atomic E-state index is 0.176. The zero-order valence-corrected chi connectivity index (χ0v) is 5.08. The van der Waals surface area contributed by atoms with Gasteiger partial charge in [-0.3, -0.25) is 0 Å². The molecular weight excluding hydrogens is 150 g/mol. The van der Waals surface area contributed by atoms with Crippen LogP contribution in [0.15, 0.2) is 0 Å². The minimum Gasteiger partial charge on any atom is -0.303 e. The van der Waals surface area contributed by atoms with Gasteiger partial charge in [-0.15, -0.1) is 0 Å². The van der Waals surface area contributed by atoms with Gasteiger partial charge in [0.1, 0.15) is 12.2 Å². The van der Waals surface area contributed by atoms with Gasteiger partial charge in [0, 0.05) is 13.0 Å². The highest BCUT2D eigenvalue weighted by Gasteiger charge is 2.44. The Hall–Kier alpha value is -0.320. The first-order valence-electron chi connectivity index (χ1n) is 2.94. The number of halogens is 4. The van der Waals surface area contributed by atoms with Crippen LogP contribution < -0.4 is 5.32 Å². The van der Waals surface area contributed by atoms with E-state index in [9.17, 15) is 17.6 Å². The molecule has 0 aromatic heterocycles. The first-order valence-corrected chi connectivity index (χ1v) is 2.94. The maximum atomic E-state index is 12.1. The second-order valence-corrected chi connectivity index (χ2v) is 2.34. The highest BCUT2D eigenvalue weighted by Crippen LogP contribution is 2.27. The first kappa shape index (κ1) is 7.78. The van der Waals surface area contributed by atoms with E-state index < -0.39 is 24.8 Å². The van der Waals surface area contributed by atoms with Gasteiger partial charge in [-0.25, -0.2) is 4.39 Å². The number of hydrogen-bond acceptors (Lipinski definition) is 1. The van der Waals surface area contributed by atoms with E-state index >= 15 is 0 Å². The molecule has 0 aromatic carbocycles. The molecule has 2 atom stereocenters. The van der Waals surface area contributed by atoms with Gasteiger partial charge in [-0.05, 0) is 0 Å². The Bertz CT molecular complexity index is 121. The predicted octanol–water partition coefficient (Wildman–Crippen LogP) is 1.25. The van der Waals surface area contributed by atoms with Crippen molar-refractivity contribution in [3.05, 3.63) is 0 Å². The summed E-state index contributed by atoms with van der Waals surface area (Å²) in [6, 6.07) is -1.64. The summed E-state index contributed by atoms with van der Waals surface area (Å²) < 4.78 is 47.3. The molecular formula is C5H7F4N. The van der Waals surface area contributed by atoms with Crippen LogP contribution in [0.2, 0.25) is 0 Å². The van der Waals surface area contributed by atoms with Crippen LogP contribution in [0, 0.1) is 0 Å². The molecule has 1 saturated heterocycles. The molecule has 60 valence electrons. The van der Waals surface area contributed by atoms with Crippen LogP contribution in [0.4, 0.5) is 17.6 Å². The molecule has 0 aromatic rings. The third-order valence-electron chi connectivity index (χ3n) is 1.47. The lowest BCUT2D eigenvalue weighted by molar-refractivity contribution is -0.152. The molecule has 0 amide bonds. The Morgan fingerprint density at radius 3 is 2.10 bits per heavy atom. The molecule has 1 fully saturated rings. The SMILES string of the molecule is FC1CNC(C(F)(F)F)C1. The lowest BCUT2D eigenvalue weighted by Crippen LogP contribution is -2.36. The van der Waals surface area contributed by atoms with Gasteiger partial charge in [-0.1, -0.05) is 0 Å². The van der Waals surface area contributed by atoms with Gasteiger partial charge in [0.2, 0.25) is 0 Å². The summed E-state index contributed by atoms with van der Waals surface area (Å²) in [6.07, 6.45) is -6.07. The Morgan fingerprint density at radius 2 is 1.90 bits per heavy atom. The molecule has 1 N–H and O–H groups in total. The summed E-state index contributed by atoms with van der Waals surface area (Å²) in [4.78, 5) is 0. The second kappa shape index (κ2) is 2.38. The smallest absolute Gasteiger partial charge is 0.303 e. The van der Waals surface area contributed by atoms with Gasteiger partial charge in [0.25, 0.3) is 0 Å². The van der Waals surface area contributed by atoms with Gasteiger partial charge in [0.15, 0.2) is 0 Å². The van der Waals surface area contributed by atoms with Gasteiger partial charge in [0.05, 0.1) is 0 Å². The quantitative estimate of drug-likeness (QED) is 0.522. The van der Waals surface area contributed by atoms with Crippen molar-refractivity contribution in [1.29, 1.82) is 0 Å². The van der Waals surface area contributed by atoms with E-state index in [0.717, 1.165) is 0 Å². The maximum absolute atomic E-state index is 12.1. The molecule has 10 heavy (non-hydrogen) atoms. The fourth-order valence-electron chi connectivity index (χ4n) is 0.942. The van der Waals surface area contributed by atoms with E-state index in [1.807, 2.05) is 5.32 Å². The largest absolute Gasteiger partial charge is 0.403 e. The average Bonchev–Trinajstić information content (AvgIpc) is 2.11. The molecule has 0 spiro atoms. The van der Waals surface area contributed by atoms with Crippen molar-refractivity contribution in [2.45, 2.75) is 24.8 Å². The minimum atomic E-state index is -4.29. The van der Waals surface area contributed by atoms with Crippen LogP contribution in [0.1, 0.15) is 6.42 Å². The van der Waals surface area contributed by atoms with Crippen LogP contribution in [0.5, 0.6) is 0 Å². The molecule has 0 bridgehead atoms. The zero-order chi connectivity index (χ0) is 7.78. The first-order chi connectivity index (χ1) is 4.50. The van der Waals surface area contributed by atoms with Crippen molar-refractivity contribution in [1.82, 2.24) is 5.32 Å². The number of nitrogens with one attached hydrogen (secondary N) is 1. The van der Waals surface area contributed by atoms with Gasteiger partial charge in [-0.2, -0.15) is 13.2 Å². The summed E-state index contributed by atoms with van der Waals surface area (Å²) in [7, 11) is 0. The van der Waals surface area contributed by atoms with E-state index in [4.69, 9.17) is 0 Å². The number of hydrogen-bond donors (Lipinski definition) is 1. The van der Waals surface area contributed by atoms with Crippen LogP contribution in [-0.4, -0.2) is 24.9 Å². The number of alkyl halides is 4. The van der Waals surface area contributed by atoms with Crippen molar-refractivity contribution in [2.75, 3.05) is 6.54 Å². The average molecular weight is 157 g/mol. The Labute approximate surface area is 55.4 Å². The summed E-state index contributed by atoms with van der Waals surface area (Å²) in [5.41, 5.74) is 0. The molecule has 2 unspecified atom stereocenters. The molecule has 1 nitrogen and oxygen atoms in total. The highest BCUT2D eigenvalue weighted by molar-refractivity contribution is 4.86. The van der Waals surface area contributed by atoms with Crippen LogP contribution in [0.3, 0.4) is 0 Å². The van der Waals surface area contributed by atoms with Crippen molar-refractivity contribution < 1.29 is 17.6 Å². The topological polar surface area (TPSA) is 12.0 Å². The summed E-state index contributed by atoms with van der Waals surface area (Å²) in [5, 5.41) is 2.05. The Morgan fingerprint density at radius 1 is 1.30 bits per heavy atom. The Kier molecular flexibility index (Phi) is 1.85. The zero-order valence-electron chi connectivity index (χ0n) is 5.08. The summed E-state index contributed by atoms with van der Waals surface area (Å²) in [6.45, 7) is -0.176. The number of rotatable bonds is 0. The van der Waals surface area contributed by atoms with Crippen LogP contribution >= 0.6 is 0 Å². The lowest BCUT2D eigenvalue weighted by Gasteiger charge is -2.13. The molecule has 0 saturated carbocycles. The Balaban J connectivity index is 2.45. The highest BCUT2D eigenvalue weighted by atomic mass is 19.4. The van der Waals surface area contributed by atoms with E-state index in [1.165, 1.54) is 0 Å². The normalized spacial score (nSPS) is 34.8. The fraction of sp³-hybridized carbons (Fsp3) is 1.00. The monoisotopic (exact) mass is 157 g/mol. The van der Waals surface area contributed by atoms with E-state index in [1.54, 1.807) is 0 Å². The molecule has 1 aliphatic heterocycles. The lowest BCUT2D eigenvalue weighted by atomic mass is 10.2. The standard InChI is InChI=1S/C5H7F4N/c6-3-1-4(10-2-3)5(7,8)9/h3-4,10H,1-2H2. The van der Waals surface area contributed by atoms with E-state index in [2.05, 4.69) is 0 Å². The van der Waals surface area contributed by atoms with E-state index in [0.29, 0.717) is 0 Å². The van der Waals surface area contributed by atoms with Gasteiger partial charge < -0.3 is 5.32 Å². The van der Waals surface area contributed by atoms with Crippen molar-refractivity contribution in [2.24, 2.45) is 0 Å². The molecule has 0 radical (unpaired) electrons. The molecule has 1 rings (SSSR count). The van der Waals surface area contributed by atoms with Crippen molar-refractivity contribution in [3.63, 3.8) is 0 Å². The summed E-state index contributed by atoms with van der Waals surface area (Å²) >= 11 is 0. The third kappa shape index (κ3) is 1.59. The van der Waals surface area contributed by atoms with Gasteiger partial charge >= 0.3 is 6.18 Å². The van der Waals surface area contributed by atoms with Crippen molar-refractivity contribution in [3.8, 4) is 0 Å². The second-order valence-electron chi connectivity index (χ2n) is 2.34. The third-order valence-corrected chi connectivity index (χ3v) is 1.47. The maximum Gasteiger partial charge on any atom is 0.403 e. The van der Waals surface area contributed by atoms with Crippen LogP contribution in [0.25, 0.3) is 0 Å². The molecule has 0 aliphatic carbocycles. The molecule has 5 heteroatoms. The molecule has 1 aliphatic rings. The van der Waals surface area contributed by atoms with Crippen LogP contribution in [-0.2, 0) is 0 Å². The molecule has 1 heterocycles.